The number of aryl methyl sites for hydroxylation is 1. The van der Waals surface area contributed by atoms with Crippen molar-refractivity contribution in [3.63, 3.8) is 0 Å². The van der Waals surface area contributed by atoms with Crippen LogP contribution in [0.1, 0.15) is 24.3 Å². The number of piperidine rings is 1. The first-order chi connectivity index (χ1) is 9.54. The number of hydrogen-bond donors (Lipinski definition) is 1. The summed E-state index contributed by atoms with van der Waals surface area (Å²) in [6.45, 7) is 3.03. The van der Waals surface area contributed by atoms with Crippen LogP contribution in [-0.2, 0) is 4.79 Å². The molecule has 0 aliphatic carbocycles. The molecule has 1 amide bonds. The number of nitrogens with zero attached hydrogens (tertiary/aromatic N) is 3. The third-order valence-corrected chi connectivity index (χ3v) is 4.23. The molecule has 1 aromatic rings. The van der Waals surface area contributed by atoms with Gasteiger partial charge in [0, 0.05) is 19.5 Å². The van der Waals surface area contributed by atoms with Crippen molar-refractivity contribution in [1.82, 2.24) is 15.5 Å². The molecule has 0 radical (unpaired) electrons. The zero-order valence-corrected chi connectivity index (χ0v) is 12.1. The zero-order chi connectivity index (χ0) is 14.5. The predicted octanol–water partition coefficient (Wildman–Crippen LogP) is 1.83. The topological polar surface area (TPSA) is 58.1 Å². The van der Waals surface area contributed by atoms with Gasteiger partial charge in [0.25, 0.3) is 6.43 Å². The SMILES string of the molecule is Cc1nnc(N2CCC(CC(=O)NCC(F)F)CC2)s1. The van der Waals surface area contributed by atoms with Crippen LogP contribution in [-0.4, -0.2) is 42.2 Å². The van der Waals surface area contributed by atoms with Crippen molar-refractivity contribution in [3.8, 4) is 0 Å². The van der Waals surface area contributed by atoms with E-state index in [0.717, 1.165) is 36.1 Å². The minimum Gasteiger partial charge on any atom is -0.350 e. The Morgan fingerprint density at radius 1 is 1.45 bits per heavy atom. The van der Waals surface area contributed by atoms with Gasteiger partial charge >= 0.3 is 0 Å². The number of carbonyl (C=O) groups is 1. The molecule has 112 valence electrons. The summed E-state index contributed by atoms with van der Waals surface area (Å²) in [7, 11) is 0. The molecule has 2 heterocycles. The van der Waals surface area contributed by atoms with Crippen LogP contribution in [0.15, 0.2) is 0 Å². The molecule has 1 saturated heterocycles. The summed E-state index contributed by atoms with van der Waals surface area (Å²) >= 11 is 1.56. The number of rotatable bonds is 5. The lowest BCUT2D eigenvalue weighted by Gasteiger charge is -2.31. The Kier molecular flexibility index (Phi) is 5.22. The van der Waals surface area contributed by atoms with E-state index in [1.165, 1.54) is 0 Å². The van der Waals surface area contributed by atoms with Crippen molar-refractivity contribution in [2.45, 2.75) is 32.6 Å². The average molecular weight is 304 g/mol. The number of carbonyl (C=O) groups excluding carboxylic acids is 1. The van der Waals surface area contributed by atoms with Crippen molar-refractivity contribution in [3.05, 3.63) is 5.01 Å². The van der Waals surface area contributed by atoms with Gasteiger partial charge in [0.1, 0.15) is 5.01 Å². The largest absolute Gasteiger partial charge is 0.350 e. The molecule has 0 bridgehead atoms. The molecule has 1 aliphatic heterocycles. The third kappa shape index (κ3) is 4.36. The smallest absolute Gasteiger partial charge is 0.255 e. The molecule has 0 saturated carbocycles. The van der Waals surface area contributed by atoms with E-state index in [2.05, 4.69) is 20.4 Å². The molecule has 1 aliphatic rings. The van der Waals surface area contributed by atoms with E-state index in [4.69, 9.17) is 0 Å². The fraction of sp³-hybridized carbons (Fsp3) is 0.750. The highest BCUT2D eigenvalue weighted by Crippen LogP contribution is 2.27. The molecular weight excluding hydrogens is 286 g/mol. The van der Waals surface area contributed by atoms with Gasteiger partial charge in [-0.2, -0.15) is 0 Å². The van der Waals surface area contributed by atoms with Crippen LogP contribution in [0.2, 0.25) is 0 Å². The normalized spacial score (nSPS) is 16.7. The summed E-state index contributed by atoms with van der Waals surface area (Å²) in [6, 6.07) is 0. The predicted molar refractivity (Wildman–Crippen MR) is 73.2 cm³/mol. The lowest BCUT2D eigenvalue weighted by atomic mass is 9.93. The lowest BCUT2D eigenvalue weighted by Crippen LogP contribution is -2.36. The standard InChI is InChI=1S/C12H18F2N4OS/c1-8-16-17-12(20-8)18-4-2-9(3-5-18)6-11(19)15-7-10(13)14/h9-10H,2-7H2,1H3,(H,15,19). The molecule has 5 nitrogen and oxygen atoms in total. The molecule has 0 unspecified atom stereocenters. The fourth-order valence-corrected chi connectivity index (χ4v) is 3.01. The number of hydrogen-bond acceptors (Lipinski definition) is 5. The number of amides is 1. The Labute approximate surface area is 120 Å². The van der Waals surface area contributed by atoms with Crippen LogP contribution in [0.4, 0.5) is 13.9 Å². The van der Waals surface area contributed by atoms with Gasteiger partial charge in [0.2, 0.25) is 11.0 Å². The maximum Gasteiger partial charge on any atom is 0.255 e. The van der Waals surface area contributed by atoms with Crippen molar-refractivity contribution in [2.75, 3.05) is 24.5 Å². The minimum absolute atomic E-state index is 0.262. The first-order valence-electron chi connectivity index (χ1n) is 6.64. The first kappa shape index (κ1) is 15.1. The third-order valence-electron chi connectivity index (χ3n) is 3.33. The summed E-state index contributed by atoms with van der Waals surface area (Å²) < 4.78 is 24.0. The number of nitrogens with one attached hydrogen (secondary N) is 1. The highest BCUT2D eigenvalue weighted by atomic mass is 32.1. The summed E-state index contributed by atoms with van der Waals surface area (Å²) in [5.41, 5.74) is 0. The maximum absolute atomic E-state index is 12.0. The second kappa shape index (κ2) is 6.92. The zero-order valence-electron chi connectivity index (χ0n) is 11.3. The molecule has 20 heavy (non-hydrogen) atoms. The van der Waals surface area contributed by atoms with Gasteiger partial charge in [-0.25, -0.2) is 8.78 Å². The van der Waals surface area contributed by atoms with Crippen molar-refractivity contribution in [2.24, 2.45) is 5.92 Å². The van der Waals surface area contributed by atoms with Crippen LogP contribution in [0.25, 0.3) is 0 Å². The van der Waals surface area contributed by atoms with Gasteiger partial charge in [0.15, 0.2) is 0 Å². The van der Waals surface area contributed by atoms with Crippen LogP contribution < -0.4 is 10.2 Å². The van der Waals surface area contributed by atoms with Crippen molar-refractivity contribution >= 4 is 22.4 Å². The van der Waals surface area contributed by atoms with Crippen LogP contribution in [0.5, 0.6) is 0 Å². The second-order valence-corrected chi connectivity index (χ2v) is 6.09. The number of anilines is 1. The van der Waals surface area contributed by atoms with Crippen molar-refractivity contribution < 1.29 is 13.6 Å². The van der Waals surface area contributed by atoms with Gasteiger partial charge in [-0.3, -0.25) is 4.79 Å². The summed E-state index contributed by atoms with van der Waals surface area (Å²) in [6.07, 6.45) is -0.404. The molecule has 8 heteroatoms. The molecule has 1 fully saturated rings. The van der Waals surface area contributed by atoms with E-state index in [1.54, 1.807) is 11.3 Å². The number of aromatic nitrogens is 2. The van der Waals surface area contributed by atoms with E-state index < -0.39 is 13.0 Å². The van der Waals surface area contributed by atoms with Gasteiger partial charge in [-0.1, -0.05) is 11.3 Å². The molecule has 0 spiro atoms. The molecule has 1 N–H and O–H groups in total. The lowest BCUT2D eigenvalue weighted by molar-refractivity contribution is -0.122. The van der Waals surface area contributed by atoms with E-state index in [1.807, 2.05) is 6.92 Å². The average Bonchev–Trinajstić information content (AvgIpc) is 2.84. The van der Waals surface area contributed by atoms with E-state index >= 15 is 0 Å². The quantitative estimate of drug-likeness (QED) is 0.902. The maximum atomic E-state index is 12.0. The van der Waals surface area contributed by atoms with E-state index in [9.17, 15) is 13.6 Å². The monoisotopic (exact) mass is 304 g/mol. The molecular formula is C12H18F2N4OS. The Bertz CT molecular complexity index is 446. The Morgan fingerprint density at radius 2 is 2.15 bits per heavy atom. The van der Waals surface area contributed by atoms with Crippen molar-refractivity contribution in [1.29, 1.82) is 0 Å². The summed E-state index contributed by atoms with van der Waals surface area (Å²) in [4.78, 5) is 13.7. The molecule has 2 rings (SSSR count). The number of halogens is 2. The Hall–Kier alpha value is -1.31. The highest BCUT2D eigenvalue weighted by molar-refractivity contribution is 7.15. The Balaban J connectivity index is 1.73. The van der Waals surface area contributed by atoms with Gasteiger partial charge in [0.05, 0.1) is 6.54 Å². The van der Waals surface area contributed by atoms with Gasteiger partial charge < -0.3 is 10.2 Å². The Morgan fingerprint density at radius 3 is 2.70 bits per heavy atom. The van der Waals surface area contributed by atoms with Gasteiger partial charge in [-0.15, -0.1) is 10.2 Å². The van der Waals surface area contributed by atoms with E-state index in [-0.39, 0.29) is 11.8 Å². The van der Waals surface area contributed by atoms with Crippen LogP contribution in [0.3, 0.4) is 0 Å². The van der Waals surface area contributed by atoms with Crippen LogP contribution in [0, 0.1) is 12.8 Å². The highest BCUT2D eigenvalue weighted by Gasteiger charge is 2.23. The minimum atomic E-state index is -2.48. The number of alkyl halides is 2. The molecule has 0 atom stereocenters. The second-order valence-electron chi connectivity index (χ2n) is 4.93. The fourth-order valence-electron chi connectivity index (χ4n) is 2.27. The van der Waals surface area contributed by atoms with Gasteiger partial charge in [-0.05, 0) is 25.7 Å². The van der Waals surface area contributed by atoms with E-state index in [0.29, 0.717) is 6.42 Å². The van der Waals surface area contributed by atoms with Crippen LogP contribution >= 0.6 is 11.3 Å². The molecule has 1 aromatic heterocycles. The molecule has 0 aromatic carbocycles. The summed E-state index contributed by atoms with van der Waals surface area (Å²) in [5, 5.41) is 12.2. The summed E-state index contributed by atoms with van der Waals surface area (Å²) in [5.74, 6) is -0.0200. The first-order valence-corrected chi connectivity index (χ1v) is 7.46.